The van der Waals surface area contributed by atoms with Crippen LogP contribution >= 0.6 is 0 Å². The second-order valence-corrected chi connectivity index (χ2v) is 5.27. The molecule has 2 heterocycles. The molecule has 1 aliphatic rings. The van der Waals surface area contributed by atoms with Gasteiger partial charge in [0.05, 0.1) is 0 Å². The smallest absolute Gasteiger partial charge is 0.182 e. The van der Waals surface area contributed by atoms with E-state index in [9.17, 15) is 4.79 Å². The summed E-state index contributed by atoms with van der Waals surface area (Å²) in [5, 5.41) is 8.24. The summed E-state index contributed by atoms with van der Waals surface area (Å²) in [5.74, 6) is 1.83. The van der Waals surface area contributed by atoms with Gasteiger partial charge in [-0.05, 0) is 30.9 Å². The van der Waals surface area contributed by atoms with Crippen LogP contribution < -0.4 is 4.90 Å². The monoisotopic (exact) mass is 261 g/mol. The lowest BCUT2D eigenvalue weighted by Crippen LogP contribution is -2.34. The first-order valence-electron chi connectivity index (χ1n) is 7.36. The van der Waals surface area contributed by atoms with E-state index in [0.717, 1.165) is 24.8 Å². The number of aromatic nitrogens is 2. The van der Waals surface area contributed by atoms with E-state index in [2.05, 4.69) is 22.0 Å². The van der Waals surface area contributed by atoms with Crippen LogP contribution in [0.2, 0.25) is 0 Å². The van der Waals surface area contributed by atoms with E-state index in [1.165, 1.54) is 25.7 Å². The van der Waals surface area contributed by atoms with Crippen molar-refractivity contribution in [1.29, 1.82) is 0 Å². The van der Waals surface area contributed by atoms with E-state index in [-0.39, 0.29) is 5.78 Å². The standard InChI is InChI=1S/C15H23N3O/c1-3-5-12-8-10-18(11-9-12)15-7-6-13(16-17-15)14(19)4-2/h6-7,12H,3-5,8-11H2,1-2H3. The Labute approximate surface area is 115 Å². The molecule has 0 radical (unpaired) electrons. The summed E-state index contributed by atoms with van der Waals surface area (Å²) in [7, 11) is 0. The van der Waals surface area contributed by atoms with Gasteiger partial charge >= 0.3 is 0 Å². The van der Waals surface area contributed by atoms with Gasteiger partial charge in [-0.2, -0.15) is 0 Å². The molecular formula is C15H23N3O. The molecule has 1 saturated heterocycles. The van der Waals surface area contributed by atoms with Crippen molar-refractivity contribution in [3.63, 3.8) is 0 Å². The lowest BCUT2D eigenvalue weighted by Gasteiger charge is -2.32. The van der Waals surface area contributed by atoms with Crippen LogP contribution in [0.25, 0.3) is 0 Å². The third kappa shape index (κ3) is 3.52. The first kappa shape index (κ1) is 14.0. The minimum Gasteiger partial charge on any atom is -0.355 e. The molecule has 0 spiro atoms. The molecule has 0 unspecified atom stereocenters. The second kappa shape index (κ2) is 6.64. The molecule has 0 bridgehead atoms. The molecule has 1 fully saturated rings. The summed E-state index contributed by atoms with van der Waals surface area (Å²) >= 11 is 0. The summed E-state index contributed by atoms with van der Waals surface area (Å²) < 4.78 is 0. The average molecular weight is 261 g/mol. The Morgan fingerprint density at radius 3 is 2.53 bits per heavy atom. The third-order valence-corrected chi connectivity index (χ3v) is 3.89. The van der Waals surface area contributed by atoms with Gasteiger partial charge in [-0.25, -0.2) is 0 Å². The normalized spacial score (nSPS) is 16.6. The van der Waals surface area contributed by atoms with Crippen molar-refractivity contribution in [2.45, 2.75) is 46.0 Å². The molecule has 104 valence electrons. The molecule has 1 aliphatic heterocycles. The second-order valence-electron chi connectivity index (χ2n) is 5.27. The topological polar surface area (TPSA) is 46.1 Å². The van der Waals surface area contributed by atoms with Crippen LogP contribution in [0, 0.1) is 5.92 Å². The summed E-state index contributed by atoms with van der Waals surface area (Å²) in [6, 6.07) is 3.72. The van der Waals surface area contributed by atoms with E-state index in [0.29, 0.717) is 12.1 Å². The van der Waals surface area contributed by atoms with Gasteiger partial charge < -0.3 is 4.90 Å². The van der Waals surface area contributed by atoms with Gasteiger partial charge in [0.25, 0.3) is 0 Å². The summed E-state index contributed by atoms with van der Waals surface area (Å²) in [6.45, 7) is 6.21. The summed E-state index contributed by atoms with van der Waals surface area (Å²) in [6.07, 6.45) is 5.58. The number of anilines is 1. The van der Waals surface area contributed by atoms with Crippen molar-refractivity contribution in [1.82, 2.24) is 10.2 Å². The van der Waals surface area contributed by atoms with E-state index >= 15 is 0 Å². The molecule has 0 saturated carbocycles. The van der Waals surface area contributed by atoms with E-state index < -0.39 is 0 Å². The number of hydrogen-bond acceptors (Lipinski definition) is 4. The molecule has 0 aromatic carbocycles. The Morgan fingerprint density at radius 2 is 2.00 bits per heavy atom. The number of carbonyl (C=O) groups excluding carboxylic acids is 1. The highest BCUT2D eigenvalue weighted by Crippen LogP contribution is 2.24. The van der Waals surface area contributed by atoms with Crippen LogP contribution in [0.3, 0.4) is 0 Å². The van der Waals surface area contributed by atoms with E-state index in [4.69, 9.17) is 0 Å². The van der Waals surface area contributed by atoms with Gasteiger partial charge in [0, 0.05) is 19.5 Å². The Hall–Kier alpha value is -1.45. The maximum absolute atomic E-state index is 11.5. The SMILES string of the molecule is CCCC1CCN(c2ccc(C(=O)CC)nn2)CC1. The lowest BCUT2D eigenvalue weighted by molar-refractivity contribution is 0.0982. The van der Waals surface area contributed by atoms with Crippen molar-refractivity contribution in [3.8, 4) is 0 Å². The van der Waals surface area contributed by atoms with Crippen LogP contribution in [-0.2, 0) is 0 Å². The van der Waals surface area contributed by atoms with Crippen molar-refractivity contribution >= 4 is 11.6 Å². The number of hydrogen-bond donors (Lipinski definition) is 0. The average Bonchev–Trinajstić information content (AvgIpc) is 2.48. The van der Waals surface area contributed by atoms with Crippen LogP contribution in [0.1, 0.15) is 56.4 Å². The Balaban J connectivity index is 1.94. The third-order valence-electron chi connectivity index (χ3n) is 3.89. The fourth-order valence-electron chi connectivity index (χ4n) is 2.68. The Bertz CT molecular complexity index is 408. The highest BCUT2D eigenvalue weighted by Gasteiger charge is 2.19. The van der Waals surface area contributed by atoms with Crippen LogP contribution in [0.5, 0.6) is 0 Å². The van der Waals surface area contributed by atoms with Crippen LogP contribution in [0.4, 0.5) is 5.82 Å². The van der Waals surface area contributed by atoms with Gasteiger partial charge in [-0.3, -0.25) is 4.79 Å². The molecule has 0 atom stereocenters. The molecule has 1 aromatic rings. The van der Waals surface area contributed by atoms with Gasteiger partial charge in [0.2, 0.25) is 0 Å². The van der Waals surface area contributed by atoms with Crippen molar-refractivity contribution in [2.75, 3.05) is 18.0 Å². The summed E-state index contributed by atoms with van der Waals surface area (Å²) in [5.41, 5.74) is 0.479. The van der Waals surface area contributed by atoms with Crippen LogP contribution in [0.15, 0.2) is 12.1 Å². The number of Topliss-reactive ketones (excluding diaryl/α,β-unsaturated/α-hetero) is 1. The highest BCUT2D eigenvalue weighted by molar-refractivity contribution is 5.93. The van der Waals surface area contributed by atoms with Gasteiger partial charge in [-0.15, -0.1) is 10.2 Å². The zero-order chi connectivity index (χ0) is 13.7. The quantitative estimate of drug-likeness (QED) is 0.764. The molecule has 2 rings (SSSR count). The minimum atomic E-state index is 0.0562. The molecular weight excluding hydrogens is 238 g/mol. The van der Waals surface area contributed by atoms with E-state index in [1.54, 1.807) is 6.07 Å². The molecule has 1 aromatic heterocycles. The summed E-state index contributed by atoms with van der Waals surface area (Å²) in [4.78, 5) is 13.8. The van der Waals surface area contributed by atoms with Crippen molar-refractivity contribution in [2.24, 2.45) is 5.92 Å². The van der Waals surface area contributed by atoms with Crippen molar-refractivity contribution < 1.29 is 4.79 Å². The Kier molecular flexibility index (Phi) is 4.88. The number of rotatable bonds is 5. The molecule has 0 N–H and O–H groups in total. The predicted molar refractivity (Wildman–Crippen MR) is 76.5 cm³/mol. The number of piperidine rings is 1. The number of nitrogens with zero attached hydrogens (tertiary/aromatic N) is 3. The van der Waals surface area contributed by atoms with Gasteiger partial charge in [-0.1, -0.05) is 26.7 Å². The maximum atomic E-state index is 11.5. The first-order valence-corrected chi connectivity index (χ1v) is 7.36. The molecule has 4 heteroatoms. The lowest BCUT2D eigenvalue weighted by atomic mass is 9.92. The minimum absolute atomic E-state index is 0.0562. The maximum Gasteiger partial charge on any atom is 0.182 e. The van der Waals surface area contributed by atoms with Crippen molar-refractivity contribution in [3.05, 3.63) is 17.8 Å². The van der Waals surface area contributed by atoms with Crippen LogP contribution in [-0.4, -0.2) is 29.1 Å². The molecule has 19 heavy (non-hydrogen) atoms. The predicted octanol–water partition coefficient (Wildman–Crippen LogP) is 3.09. The molecule has 4 nitrogen and oxygen atoms in total. The largest absolute Gasteiger partial charge is 0.355 e. The zero-order valence-electron chi connectivity index (χ0n) is 11.9. The van der Waals surface area contributed by atoms with Gasteiger partial charge in [0.1, 0.15) is 5.69 Å². The van der Waals surface area contributed by atoms with E-state index in [1.807, 2.05) is 13.0 Å². The highest BCUT2D eigenvalue weighted by atomic mass is 16.1. The number of carbonyl (C=O) groups is 1. The molecule has 0 aliphatic carbocycles. The fraction of sp³-hybridized carbons (Fsp3) is 0.667. The van der Waals surface area contributed by atoms with Gasteiger partial charge in [0.15, 0.2) is 11.6 Å². The number of ketones is 1. The zero-order valence-corrected chi connectivity index (χ0v) is 11.9. The first-order chi connectivity index (χ1) is 9.24. The molecule has 0 amide bonds. The Morgan fingerprint density at radius 1 is 1.26 bits per heavy atom. The fourth-order valence-corrected chi connectivity index (χ4v) is 2.68.